The van der Waals surface area contributed by atoms with E-state index in [4.69, 9.17) is 4.42 Å². The first-order valence-corrected chi connectivity index (χ1v) is 9.47. The van der Waals surface area contributed by atoms with Gasteiger partial charge in [0, 0.05) is 25.9 Å². The Labute approximate surface area is 147 Å². The quantitative estimate of drug-likeness (QED) is 0.700. The lowest BCUT2D eigenvalue weighted by molar-refractivity contribution is -0.116. The number of phenolic OH excluding ortho intramolecular Hbond substituents is 1. The number of aryl methyl sites for hydroxylation is 1. The van der Waals surface area contributed by atoms with Gasteiger partial charge in [-0.15, -0.1) is 0 Å². The maximum absolute atomic E-state index is 12.5. The number of nitrogens with zero attached hydrogens (tertiary/aromatic N) is 1. The predicted octanol–water partition coefficient (Wildman–Crippen LogP) is 2.59. The van der Waals surface area contributed by atoms with E-state index in [0.29, 0.717) is 25.3 Å². The Morgan fingerprint density at radius 2 is 1.96 bits per heavy atom. The summed E-state index contributed by atoms with van der Waals surface area (Å²) in [5.74, 6) is 0.145. The summed E-state index contributed by atoms with van der Waals surface area (Å²) in [4.78, 5) is 12.1. The average molecular weight is 366 g/mol. The number of aromatic hydroxyl groups is 1. The van der Waals surface area contributed by atoms with Crippen molar-refractivity contribution < 1.29 is 22.7 Å². The van der Waals surface area contributed by atoms with E-state index in [-0.39, 0.29) is 28.7 Å². The summed E-state index contributed by atoms with van der Waals surface area (Å²) in [6.45, 7) is 4.17. The van der Waals surface area contributed by atoms with Crippen LogP contribution in [0.3, 0.4) is 0 Å². The number of carbonyl (C=O) groups excluding carboxylic acids is 1. The predicted molar refractivity (Wildman–Crippen MR) is 93.9 cm³/mol. The number of nitrogens with one attached hydrogen (secondary N) is 1. The van der Waals surface area contributed by atoms with Crippen molar-refractivity contribution in [1.29, 1.82) is 0 Å². The lowest BCUT2D eigenvalue weighted by Crippen LogP contribution is -2.30. The molecule has 0 bridgehead atoms. The van der Waals surface area contributed by atoms with E-state index in [2.05, 4.69) is 5.32 Å². The summed E-state index contributed by atoms with van der Waals surface area (Å²) in [5, 5.41) is 12.5. The third-order valence-corrected chi connectivity index (χ3v) is 5.81. The molecule has 1 aromatic heterocycles. The Morgan fingerprint density at radius 1 is 1.24 bits per heavy atom. The van der Waals surface area contributed by atoms with Gasteiger partial charge in [-0.2, -0.15) is 4.31 Å². The highest BCUT2D eigenvalue weighted by molar-refractivity contribution is 7.89. The van der Waals surface area contributed by atoms with Gasteiger partial charge in [0.25, 0.3) is 0 Å². The molecule has 8 heteroatoms. The van der Waals surface area contributed by atoms with Crippen molar-refractivity contribution in [3.8, 4) is 5.75 Å². The van der Waals surface area contributed by atoms with Crippen LogP contribution in [0.1, 0.15) is 26.0 Å². The molecule has 2 rings (SSSR count). The van der Waals surface area contributed by atoms with Crippen molar-refractivity contribution in [3.63, 3.8) is 0 Å². The Bertz CT molecular complexity index is 812. The number of amides is 1. The summed E-state index contributed by atoms with van der Waals surface area (Å²) in [7, 11) is -3.67. The fourth-order valence-corrected chi connectivity index (χ4v) is 3.88. The molecule has 0 aliphatic heterocycles. The first-order valence-electron chi connectivity index (χ1n) is 8.03. The molecule has 0 aliphatic carbocycles. The SMILES string of the molecule is CCN(CC)S(=O)(=O)c1ccc(O)c(NC(=O)CCc2ccco2)c1. The molecule has 0 spiro atoms. The number of rotatable bonds is 8. The van der Waals surface area contributed by atoms with Crippen molar-refractivity contribution in [1.82, 2.24) is 4.31 Å². The Hall–Kier alpha value is -2.32. The summed E-state index contributed by atoms with van der Waals surface area (Å²) >= 11 is 0. The molecule has 0 saturated heterocycles. The number of hydrogen-bond acceptors (Lipinski definition) is 5. The monoisotopic (exact) mass is 366 g/mol. The van der Waals surface area contributed by atoms with Gasteiger partial charge in [0.05, 0.1) is 16.8 Å². The molecule has 25 heavy (non-hydrogen) atoms. The van der Waals surface area contributed by atoms with Gasteiger partial charge in [-0.05, 0) is 30.3 Å². The zero-order valence-electron chi connectivity index (χ0n) is 14.2. The molecule has 0 fully saturated rings. The molecule has 1 aromatic carbocycles. The van der Waals surface area contributed by atoms with Crippen LogP contribution < -0.4 is 5.32 Å². The number of furan rings is 1. The number of sulfonamides is 1. The van der Waals surface area contributed by atoms with Crippen LogP contribution in [-0.2, 0) is 21.2 Å². The molecule has 0 unspecified atom stereocenters. The Balaban J connectivity index is 2.14. The first kappa shape index (κ1) is 19.0. The third-order valence-electron chi connectivity index (χ3n) is 3.76. The fourth-order valence-electron chi connectivity index (χ4n) is 2.39. The maximum Gasteiger partial charge on any atom is 0.243 e. The van der Waals surface area contributed by atoms with Crippen LogP contribution in [0.4, 0.5) is 5.69 Å². The van der Waals surface area contributed by atoms with Crippen molar-refractivity contribution in [2.24, 2.45) is 0 Å². The van der Waals surface area contributed by atoms with E-state index in [1.807, 2.05) is 0 Å². The molecule has 1 amide bonds. The van der Waals surface area contributed by atoms with Gasteiger partial charge in [-0.1, -0.05) is 13.8 Å². The van der Waals surface area contributed by atoms with E-state index in [0.717, 1.165) is 0 Å². The summed E-state index contributed by atoms with van der Waals surface area (Å²) in [6, 6.07) is 7.36. The first-order chi connectivity index (χ1) is 11.9. The van der Waals surface area contributed by atoms with Crippen LogP contribution in [0.5, 0.6) is 5.75 Å². The highest BCUT2D eigenvalue weighted by Crippen LogP contribution is 2.28. The van der Waals surface area contributed by atoms with Gasteiger partial charge in [-0.3, -0.25) is 4.79 Å². The zero-order valence-corrected chi connectivity index (χ0v) is 15.0. The molecular weight excluding hydrogens is 344 g/mol. The molecule has 1 heterocycles. The average Bonchev–Trinajstić information content (AvgIpc) is 3.09. The van der Waals surface area contributed by atoms with Gasteiger partial charge >= 0.3 is 0 Å². The van der Waals surface area contributed by atoms with Gasteiger partial charge in [0.1, 0.15) is 11.5 Å². The van der Waals surface area contributed by atoms with Crippen molar-refractivity contribution in [2.45, 2.75) is 31.6 Å². The lowest BCUT2D eigenvalue weighted by Gasteiger charge is -2.19. The topological polar surface area (TPSA) is 99.9 Å². The number of phenols is 1. The van der Waals surface area contributed by atoms with E-state index >= 15 is 0 Å². The van der Waals surface area contributed by atoms with E-state index in [1.165, 1.54) is 28.8 Å². The highest BCUT2D eigenvalue weighted by atomic mass is 32.2. The van der Waals surface area contributed by atoms with Crippen LogP contribution in [-0.4, -0.2) is 36.8 Å². The number of benzene rings is 1. The van der Waals surface area contributed by atoms with Crippen molar-refractivity contribution >= 4 is 21.6 Å². The summed E-state index contributed by atoms with van der Waals surface area (Å²) < 4.78 is 31.6. The zero-order chi connectivity index (χ0) is 18.4. The molecule has 7 nitrogen and oxygen atoms in total. The number of hydrogen-bond donors (Lipinski definition) is 2. The molecule has 0 aliphatic rings. The van der Waals surface area contributed by atoms with Crippen LogP contribution in [0.25, 0.3) is 0 Å². The third kappa shape index (κ3) is 4.61. The maximum atomic E-state index is 12.5. The molecule has 2 N–H and O–H groups in total. The molecule has 0 radical (unpaired) electrons. The minimum atomic E-state index is -3.67. The molecule has 0 saturated carbocycles. The minimum absolute atomic E-state index is 0.0235. The Morgan fingerprint density at radius 3 is 2.56 bits per heavy atom. The number of anilines is 1. The highest BCUT2D eigenvalue weighted by Gasteiger charge is 2.23. The molecule has 0 atom stereocenters. The van der Waals surface area contributed by atoms with Crippen LogP contribution in [0, 0.1) is 0 Å². The number of carbonyl (C=O) groups is 1. The van der Waals surface area contributed by atoms with Gasteiger partial charge in [-0.25, -0.2) is 8.42 Å². The molecular formula is C17H22N2O5S. The summed E-state index contributed by atoms with van der Waals surface area (Å²) in [6.07, 6.45) is 2.09. The van der Waals surface area contributed by atoms with Gasteiger partial charge in [0.2, 0.25) is 15.9 Å². The van der Waals surface area contributed by atoms with E-state index in [1.54, 1.807) is 26.0 Å². The second kappa shape index (κ2) is 8.17. The van der Waals surface area contributed by atoms with Crippen LogP contribution in [0.15, 0.2) is 45.9 Å². The minimum Gasteiger partial charge on any atom is -0.506 e. The standard InChI is InChI=1S/C17H22N2O5S/c1-3-19(4-2)25(22,23)14-8-9-16(20)15(12-14)18-17(21)10-7-13-6-5-11-24-13/h5-6,8-9,11-12,20H,3-4,7,10H2,1-2H3,(H,18,21). The Kier molecular flexibility index (Phi) is 6.22. The lowest BCUT2D eigenvalue weighted by atomic mass is 10.2. The van der Waals surface area contributed by atoms with Crippen molar-refractivity contribution in [3.05, 3.63) is 42.4 Å². The molecule has 2 aromatic rings. The fraction of sp³-hybridized carbons (Fsp3) is 0.353. The summed E-state index contributed by atoms with van der Waals surface area (Å²) in [5.41, 5.74) is 0.0673. The largest absolute Gasteiger partial charge is 0.506 e. The normalized spacial score (nSPS) is 11.6. The van der Waals surface area contributed by atoms with E-state index < -0.39 is 10.0 Å². The smallest absolute Gasteiger partial charge is 0.243 e. The van der Waals surface area contributed by atoms with Crippen LogP contribution in [0.2, 0.25) is 0 Å². The second-order valence-corrected chi connectivity index (χ2v) is 7.33. The van der Waals surface area contributed by atoms with Gasteiger partial charge in [0.15, 0.2) is 0 Å². The van der Waals surface area contributed by atoms with E-state index in [9.17, 15) is 18.3 Å². The van der Waals surface area contributed by atoms with Crippen LogP contribution >= 0.6 is 0 Å². The van der Waals surface area contributed by atoms with Gasteiger partial charge < -0.3 is 14.8 Å². The second-order valence-electron chi connectivity index (χ2n) is 5.40. The van der Waals surface area contributed by atoms with Crippen molar-refractivity contribution in [2.75, 3.05) is 18.4 Å². The molecule has 136 valence electrons.